The van der Waals surface area contributed by atoms with Gasteiger partial charge in [-0.1, -0.05) is 6.07 Å². The first-order valence-electron chi connectivity index (χ1n) is 8.87. The first kappa shape index (κ1) is 20.5. The molecule has 8 nitrogen and oxygen atoms in total. The summed E-state index contributed by atoms with van der Waals surface area (Å²) in [7, 11) is 0. The van der Waals surface area contributed by atoms with Gasteiger partial charge >= 0.3 is 0 Å². The second kappa shape index (κ2) is 9.28. The maximum atomic E-state index is 14.0. The number of nitrogens with one attached hydrogen (secondary N) is 1. The monoisotopic (exact) mass is 415 g/mol. The number of tetrazole rings is 1. The van der Waals surface area contributed by atoms with Crippen molar-refractivity contribution >= 4 is 34.5 Å². The summed E-state index contributed by atoms with van der Waals surface area (Å²) in [6.45, 7) is 1.69. The zero-order valence-electron chi connectivity index (χ0n) is 15.6. The molecule has 3 aromatic rings. The Hall–Kier alpha value is -3.27. The van der Waals surface area contributed by atoms with Crippen molar-refractivity contribution in [1.82, 2.24) is 20.2 Å². The summed E-state index contributed by atoms with van der Waals surface area (Å²) < 4.78 is 15.4. The van der Waals surface area contributed by atoms with Crippen LogP contribution in [0.5, 0.6) is 0 Å². The molecule has 10 heteroatoms. The molecule has 0 aliphatic carbocycles. The molecule has 0 bridgehead atoms. The van der Waals surface area contributed by atoms with Crippen LogP contribution in [0.15, 0.2) is 35.7 Å². The van der Waals surface area contributed by atoms with Gasteiger partial charge in [0.05, 0.1) is 16.3 Å². The third-order valence-corrected chi connectivity index (χ3v) is 5.06. The highest BCUT2D eigenvalue weighted by atomic mass is 32.1. The van der Waals surface area contributed by atoms with E-state index < -0.39 is 11.7 Å². The lowest BCUT2D eigenvalue weighted by molar-refractivity contribution is -0.122. The number of carbonyl (C=O) groups is 3. The maximum Gasteiger partial charge on any atom is 0.224 e. The number of Topliss-reactive ketones (excluding diaryl/α,β-unsaturated/α-hetero) is 2. The normalized spacial score (nSPS) is 10.7. The van der Waals surface area contributed by atoms with E-state index in [-0.39, 0.29) is 42.9 Å². The van der Waals surface area contributed by atoms with Gasteiger partial charge in [0, 0.05) is 25.7 Å². The zero-order chi connectivity index (χ0) is 20.8. The van der Waals surface area contributed by atoms with Crippen LogP contribution in [0.2, 0.25) is 0 Å². The van der Waals surface area contributed by atoms with E-state index in [0.29, 0.717) is 16.4 Å². The molecule has 0 aliphatic heterocycles. The lowest BCUT2D eigenvalue weighted by atomic mass is 10.1. The van der Waals surface area contributed by atoms with Crippen LogP contribution in [0, 0.1) is 12.7 Å². The molecule has 0 aliphatic rings. The number of aromatic nitrogens is 4. The predicted octanol–water partition coefficient (Wildman–Crippen LogP) is 3.12. The number of amides is 1. The molecule has 0 atom stereocenters. The molecule has 150 valence electrons. The zero-order valence-corrected chi connectivity index (χ0v) is 16.4. The van der Waals surface area contributed by atoms with Gasteiger partial charge in [0.15, 0.2) is 11.6 Å². The Morgan fingerprint density at radius 1 is 1.14 bits per heavy atom. The molecule has 1 amide bonds. The molecular weight excluding hydrogens is 397 g/mol. The van der Waals surface area contributed by atoms with E-state index in [1.54, 1.807) is 24.4 Å². The molecule has 0 radical (unpaired) electrons. The minimum absolute atomic E-state index is 0.0169. The number of carbonyl (C=O) groups excluding carboxylic acids is 3. The average Bonchev–Trinajstić information content (AvgIpc) is 3.38. The number of benzene rings is 1. The Balaban J connectivity index is 1.51. The van der Waals surface area contributed by atoms with Crippen molar-refractivity contribution in [2.75, 3.05) is 5.32 Å². The van der Waals surface area contributed by atoms with Crippen LogP contribution >= 0.6 is 11.3 Å². The number of ketones is 2. The number of halogens is 1. The standard InChI is InChI=1S/C19H18FN5O3S/c1-12-22-23-24-25(12)13-4-7-15(20)16(11-13)21-19(28)9-6-14(26)5-8-17(27)18-3-2-10-29-18/h2-4,7,10-11H,5-6,8-9H2,1H3,(H,21,28). The van der Waals surface area contributed by atoms with Crippen molar-refractivity contribution in [3.8, 4) is 5.69 Å². The van der Waals surface area contributed by atoms with E-state index in [1.807, 2.05) is 0 Å². The van der Waals surface area contributed by atoms with E-state index in [0.717, 1.165) is 0 Å². The van der Waals surface area contributed by atoms with E-state index in [9.17, 15) is 18.8 Å². The van der Waals surface area contributed by atoms with Crippen molar-refractivity contribution in [3.05, 3.63) is 52.2 Å². The number of hydrogen-bond acceptors (Lipinski definition) is 7. The van der Waals surface area contributed by atoms with Crippen LogP contribution in [0.3, 0.4) is 0 Å². The summed E-state index contributed by atoms with van der Waals surface area (Å²) in [5.74, 6) is -0.872. The quantitative estimate of drug-likeness (QED) is 0.538. The van der Waals surface area contributed by atoms with Crippen LogP contribution in [0.25, 0.3) is 5.69 Å². The number of aryl methyl sites for hydroxylation is 1. The molecule has 2 aromatic heterocycles. The van der Waals surface area contributed by atoms with Crippen LogP contribution in [0.1, 0.15) is 41.2 Å². The lowest BCUT2D eigenvalue weighted by Gasteiger charge is -2.09. The first-order chi connectivity index (χ1) is 13.9. The molecule has 1 N–H and O–H groups in total. The number of thiophene rings is 1. The van der Waals surface area contributed by atoms with Gasteiger partial charge in [-0.15, -0.1) is 16.4 Å². The van der Waals surface area contributed by atoms with Crippen molar-refractivity contribution < 1.29 is 18.8 Å². The first-order valence-corrected chi connectivity index (χ1v) is 9.75. The van der Waals surface area contributed by atoms with Gasteiger partial charge in [0.1, 0.15) is 11.6 Å². The minimum atomic E-state index is -0.610. The Morgan fingerprint density at radius 3 is 2.62 bits per heavy atom. The van der Waals surface area contributed by atoms with Crippen molar-refractivity contribution in [2.24, 2.45) is 0 Å². The van der Waals surface area contributed by atoms with Crippen molar-refractivity contribution in [1.29, 1.82) is 0 Å². The second-order valence-electron chi connectivity index (χ2n) is 6.29. The summed E-state index contributed by atoms with van der Waals surface area (Å²) >= 11 is 1.33. The van der Waals surface area contributed by atoms with Crippen LogP contribution in [-0.4, -0.2) is 37.7 Å². The Bertz CT molecular complexity index is 1030. The SMILES string of the molecule is Cc1nnnn1-c1ccc(F)c(NC(=O)CCC(=O)CCC(=O)c2cccs2)c1. The summed E-state index contributed by atoms with van der Waals surface area (Å²) in [4.78, 5) is 36.6. The number of anilines is 1. The largest absolute Gasteiger partial charge is 0.324 e. The number of rotatable bonds is 9. The maximum absolute atomic E-state index is 14.0. The predicted molar refractivity (Wildman–Crippen MR) is 105 cm³/mol. The topological polar surface area (TPSA) is 107 Å². The average molecular weight is 415 g/mol. The van der Waals surface area contributed by atoms with Gasteiger partial charge in [0.2, 0.25) is 5.91 Å². The molecule has 0 saturated carbocycles. The van der Waals surface area contributed by atoms with E-state index in [4.69, 9.17) is 0 Å². The fourth-order valence-electron chi connectivity index (χ4n) is 2.62. The number of nitrogens with zero attached hydrogens (tertiary/aromatic N) is 4. The highest BCUT2D eigenvalue weighted by Crippen LogP contribution is 2.19. The molecule has 0 saturated heterocycles. The molecule has 29 heavy (non-hydrogen) atoms. The van der Waals surface area contributed by atoms with Gasteiger partial charge in [-0.25, -0.2) is 4.39 Å². The third-order valence-electron chi connectivity index (χ3n) is 4.15. The number of hydrogen-bond donors (Lipinski definition) is 1. The highest BCUT2D eigenvalue weighted by Gasteiger charge is 2.14. The van der Waals surface area contributed by atoms with Gasteiger partial charge in [-0.3, -0.25) is 14.4 Å². The third kappa shape index (κ3) is 5.38. The summed E-state index contributed by atoms with van der Waals surface area (Å²) in [6.07, 6.45) is 0.0753. The fourth-order valence-corrected chi connectivity index (χ4v) is 3.31. The molecular formula is C19H18FN5O3S. The Kier molecular flexibility index (Phi) is 6.55. The molecule has 3 rings (SSSR count). The van der Waals surface area contributed by atoms with Crippen LogP contribution < -0.4 is 5.32 Å². The highest BCUT2D eigenvalue weighted by molar-refractivity contribution is 7.12. The lowest BCUT2D eigenvalue weighted by Crippen LogP contribution is -2.15. The Morgan fingerprint density at radius 2 is 1.93 bits per heavy atom. The second-order valence-corrected chi connectivity index (χ2v) is 7.24. The van der Waals surface area contributed by atoms with Crippen LogP contribution in [0.4, 0.5) is 10.1 Å². The molecule has 1 aromatic carbocycles. The smallest absolute Gasteiger partial charge is 0.224 e. The fraction of sp³-hybridized carbons (Fsp3) is 0.263. The molecule has 2 heterocycles. The summed E-state index contributed by atoms with van der Waals surface area (Å²) in [5.41, 5.74) is 0.468. The van der Waals surface area contributed by atoms with E-state index >= 15 is 0 Å². The Labute approximate surface area is 169 Å². The molecule has 0 fully saturated rings. The van der Waals surface area contributed by atoms with Gasteiger partial charge in [0.25, 0.3) is 0 Å². The van der Waals surface area contributed by atoms with Crippen LogP contribution in [-0.2, 0) is 9.59 Å². The van der Waals surface area contributed by atoms with Gasteiger partial charge < -0.3 is 5.32 Å². The molecule has 0 spiro atoms. The van der Waals surface area contributed by atoms with Crippen molar-refractivity contribution in [2.45, 2.75) is 32.6 Å². The minimum Gasteiger partial charge on any atom is -0.324 e. The van der Waals surface area contributed by atoms with E-state index in [1.165, 1.54) is 34.2 Å². The van der Waals surface area contributed by atoms with Crippen molar-refractivity contribution in [3.63, 3.8) is 0 Å². The van der Waals surface area contributed by atoms with E-state index in [2.05, 4.69) is 20.8 Å². The summed E-state index contributed by atoms with van der Waals surface area (Å²) in [6, 6.07) is 7.59. The van der Waals surface area contributed by atoms with Gasteiger partial charge in [-0.05, 0) is 47.0 Å². The summed E-state index contributed by atoms with van der Waals surface area (Å²) in [5, 5.41) is 15.3. The molecule has 0 unspecified atom stereocenters. The van der Waals surface area contributed by atoms with Gasteiger partial charge in [-0.2, -0.15) is 4.68 Å².